The van der Waals surface area contributed by atoms with Crippen molar-refractivity contribution in [2.75, 3.05) is 12.5 Å². The first kappa shape index (κ1) is 23.7. The van der Waals surface area contributed by atoms with Gasteiger partial charge in [0.1, 0.15) is 0 Å². The van der Waals surface area contributed by atoms with Crippen LogP contribution in [0.3, 0.4) is 0 Å². The van der Waals surface area contributed by atoms with Crippen molar-refractivity contribution < 1.29 is 17.6 Å². The van der Waals surface area contributed by atoms with Gasteiger partial charge in [0.2, 0.25) is 0 Å². The molecule has 3 rings (SSSR count). The first-order valence-electron chi connectivity index (χ1n) is 9.86. The Bertz CT molecular complexity index is 898. The molecule has 31 heavy (non-hydrogen) atoms. The second-order valence-electron chi connectivity index (χ2n) is 7.23. The number of hydrogen-bond donors (Lipinski definition) is 0. The molecule has 0 spiro atoms. The van der Waals surface area contributed by atoms with Crippen LogP contribution >= 0.6 is 23.5 Å². The number of benzene rings is 2. The van der Waals surface area contributed by atoms with Crippen LogP contribution in [0.5, 0.6) is 0 Å². The highest BCUT2D eigenvalue weighted by molar-refractivity contribution is 8.07. The predicted molar refractivity (Wildman–Crippen MR) is 127 cm³/mol. The van der Waals surface area contributed by atoms with Gasteiger partial charge in [-0.25, -0.2) is 17.6 Å². The van der Waals surface area contributed by atoms with Gasteiger partial charge in [0, 0.05) is 21.0 Å². The molecule has 0 atom stereocenters. The summed E-state index contributed by atoms with van der Waals surface area (Å²) < 4.78 is 58.6. The molecule has 0 N–H and O–H groups in total. The summed E-state index contributed by atoms with van der Waals surface area (Å²) in [5.74, 6) is -7.04. The van der Waals surface area contributed by atoms with E-state index in [0.29, 0.717) is 0 Å². The molecule has 2 aromatic carbocycles. The molecule has 0 fully saturated rings. The number of alkyl halides is 4. The van der Waals surface area contributed by atoms with Gasteiger partial charge in [0.15, 0.2) is 0 Å². The van der Waals surface area contributed by atoms with Gasteiger partial charge < -0.3 is 0 Å². The van der Waals surface area contributed by atoms with Crippen LogP contribution in [0.25, 0.3) is 9.81 Å². The molecule has 0 aliphatic heterocycles. The maximum atomic E-state index is 14.6. The average molecular weight is 465 g/mol. The van der Waals surface area contributed by atoms with Crippen LogP contribution in [0.2, 0.25) is 0 Å². The van der Waals surface area contributed by atoms with Crippen molar-refractivity contribution in [2.45, 2.75) is 31.1 Å². The van der Waals surface area contributed by atoms with E-state index in [0.717, 1.165) is 20.9 Å². The first-order valence-corrected chi connectivity index (χ1v) is 12.3. The Hall–Kier alpha value is -1.92. The molecule has 1 aliphatic carbocycles. The molecule has 0 radical (unpaired) electrons. The highest BCUT2D eigenvalue weighted by Gasteiger charge is 2.56. The SMILES string of the molecule is CS/C(=C\CC1=C(C/C=C(\SC)c2ccccc2)C(F)(F)CC1(F)F)c1ccccc1. The van der Waals surface area contributed by atoms with E-state index in [4.69, 9.17) is 0 Å². The molecule has 2 aromatic rings. The van der Waals surface area contributed by atoms with Gasteiger partial charge in [-0.1, -0.05) is 72.8 Å². The van der Waals surface area contributed by atoms with Crippen LogP contribution in [-0.2, 0) is 0 Å². The molecule has 1 aliphatic rings. The number of allylic oxidation sites excluding steroid dienone is 4. The standard InChI is InChI=1S/C25H24F4S2/c1-30-22(18-9-5-3-6-10-18)15-13-20-21(25(28,29)17-24(20,26)27)14-16-23(31-2)19-11-7-4-8-12-19/h3-12,15-16H,13-14,17H2,1-2H3/b22-15-,23-16-. The molecule has 0 saturated carbocycles. The summed E-state index contributed by atoms with van der Waals surface area (Å²) in [6.07, 6.45) is 5.13. The molecule has 0 saturated heterocycles. The molecular weight excluding hydrogens is 440 g/mol. The maximum absolute atomic E-state index is 14.6. The van der Waals surface area contributed by atoms with Crippen LogP contribution in [0.4, 0.5) is 17.6 Å². The summed E-state index contributed by atoms with van der Waals surface area (Å²) in [4.78, 5) is 1.59. The van der Waals surface area contributed by atoms with Crippen molar-refractivity contribution in [3.05, 3.63) is 95.1 Å². The van der Waals surface area contributed by atoms with E-state index in [2.05, 4.69) is 0 Å². The molecule has 6 heteroatoms. The van der Waals surface area contributed by atoms with Crippen molar-refractivity contribution in [1.29, 1.82) is 0 Å². The van der Waals surface area contributed by atoms with Gasteiger partial charge in [-0.15, -0.1) is 23.5 Å². The van der Waals surface area contributed by atoms with Crippen molar-refractivity contribution in [1.82, 2.24) is 0 Å². The normalized spacial score (nSPS) is 18.5. The lowest BCUT2D eigenvalue weighted by Gasteiger charge is -2.13. The predicted octanol–water partition coefficient (Wildman–Crippen LogP) is 8.55. The van der Waals surface area contributed by atoms with Crippen LogP contribution in [0, 0.1) is 0 Å². The smallest absolute Gasteiger partial charge is 0.201 e. The van der Waals surface area contributed by atoms with Crippen molar-refractivity contribution in [2.24, 2.45) is 0 Å². The molecular formula is C25H24F4S2. The van der Waals surface area contributed by atoms with Crippen LogP contribution in [0.15, 0.2) is 84.0 Å². The fourth-order valence-electron chi connectivity index (χ4n) is 3.71. The summed E-state index contributed by atoms with van der Waals surface area (Å²) in [5.41, 5.74) is 0.868. The molecule has 0 aromatic heterocycles. The molecule has 0 amide bonds. The average Bonchev–Trinajstić information content (AvgIpc) is 2.93. The summed E-state index contributed by atoms with van der Waals surface area (Å²) in [6.45, 7) is 0. The lowest BCUT2D eigenvalue weighted by atomic mass is 10.0. The zero-order valence-corrected chi connectivity index (χ0v) is 19.0. The van der Waals surface area contributed by atoms with Crippen molar-refractivity contribution in [3.63, 3.8) is 0 Å². The van der Waals surface area contributed by atoms with Gasteiger partial charge in [-0.05, 0) is 36.5 Å². The second-order valence-corrected chi connectivity index (χ2v) is 8.92. The minimum absolute atomic E-state index is 0.198. The lowest BCUT2D eigenvalue weighted by molar-refractivity contribution is -0.0447. The van der Waals surface area contributed by atoms with E-state index in [1.807, 2.05) is 73.2 Å². The van der Waals surface area contributed by atoms with Gasteiger partial charge >= 0.3 is 0 Å². The quantitative estimate of drug-likeness (QED) is 0.283. The third-order valence-electron chi connectivity index (χ3n) is 5.23. The minimum atomic E-state index is -3.52. The van der Waals surface area contributed by atoms with E-state index >= 15 is 0 Å². The Balaban J connectivity index is 1.96. The molecule has 0 bridgehead atoms. The highest BCUT2D eigenvalue weighted by Crippen LogP contribution is 2.52. The number of hydrogen-bond acceptors (Lipinski definition) is 2. The van der Waals surface area contributed by atoms with E-state index in [9.17, 15) is 17.6 Å². The summed E-state index contributed by atoms with van der Waals surface area (Å²) in [6, 6.07) is 18.7. The number of halogens is 4. The van der Waals surface area contributed by atoms with Gasteiger partial charge in [0.05, 0.1) is 6.42 Å². The Labute approximate surface area is 189 Å². The van der Waals surface area contributed by atoms with Crippen LogP contribution in [0.1, 0.15) is 30.4 Å². The fraction of sp³-hybridized carbons (Fsp3) is 0.280. The third-order valence-corrected chi connectivity index (χ3v) is 6.92. The van der Waals surface area contributed by atoms with Crippen molar-refractivity contribution in [3.8, 4) is 0 Å². The van der Waals surface area contributed by atoms with Gasteiger partial charge in [-0.2, -0.15) is 0 Å². The van der Waals surface area contributed by atoms with E-state index in [1.54, 1.807) is 12.2 Å². The fourth-order valence-corrected chi connectivity index (χ4v) is 4.95. The zero-order valence-electron chi connectivity index (χ0n) is 17.4. The molecule has 164 valence electrons. The molecule has 0 heterocycles. The van der Waals surface area contributed by atoms with Gasteiger partial charge in [-0.3, -0.25) is 0 Å². The maximum Gasteiger partial charge on any atom is 0.276 e. The largest absolute Gasteiger partial charge is 0.276 e. The van der Waals surface area contributed by atoms with Crippen molar-refractivity contribution >= 4 is 33.3 Å². The molecule has 0 unspecified atom stereocenters. The second kappa shape index (κ2) is 10.1. The summed E-state index contributed by atoms with van der Waals surface area (Å²) >= 11 is 2.84. The third kappa shape index (κ3) is 5.66. The molecule has 0 nitrogen and oxygen atoms in total. The lowest BCUT2D eigenvalue weighted by Crippen LogP contribution is -2.21. The van der Waals surface area contributed by atoms with E-state index in [1.165, 1.54) is 23.5 Å². The van der Waals surface area contributed by atoms with Gasteiger partial charge in [0.25, 0.3) is 11.8 Å². The summed E-state index contributed by atoms with van der Waals surface area (Å²) in [7, 11) is 0. The highest BCUT2D eigenvalue weighted by atomic mass is 32.2. The van der Waals surface area contributed by atoms with E-state index in [-0.39, 0.29) is 12.8 Å². The van der Waals surface area contributed by atoms with Crippen LogP contribution in [-0.4, -0.2) is 24.4 Å². The van der Waals surface area contributed by atoms with Crippen LogP contribution < -0.4 is 0 Å². The first-order chi connectivity index (χ1) is 14.8. The Morgan fingerprint density at radius 1 is 0.710 bits per heavy atom. The topological polar surface area (TPSA) is 0 Å². The zero-order chi connectivity index (χ0) is 22.5. The number of rotatable bonds is 8. The monoisotopic (exact) mass is 464 g/mol. The number of thioether (sulfide) groups is 2. The Morgan fingerprint density at radius 3 is 1.39 bits per heavy atom. The Morgan fingerprint density at radius 2 is 1.06 bits per heavy atom. The van der Waals surface area contributed by atoms with E-state index < -0.39 is 29.4 Å². The summed E-state index contributed by atoms with van der Waals surface area (Å²) in [5, 5.41) is 0. The minimum Gasteiger partial charge on any atom is -0.201 e. The Kier molecular flexibility index (Phi) is 7.76.